The van der Waals surface area contributed by atoms with Crippen LogP contribution in [0.1, 0.15) is 25.6 Å². The number of hydrogen-bond donors (Lipinski definition) is 1. The molecule has 0 spiro atoms. The molecule has 86 valence electrons. The highest BCUT2D eigenvalue weighted by Gasteiger charge is 2.12. The molecule has 0 aliphatic heterocycles. The number of nitrogens with one attached hydrogen (secondary N) is 1. The van der Waals surface area contributed by atoms with Gasteiger partial charge in [-0.15, -0.1) is 0 Å². The van der Waals surface area contributed by atoms with Crippen molar-refractivity contribution in [1.29, 1.82) is 0 Å². The molecule has 0 radical (unpaired) electrons. The molecule has 2 aromatic rings. The number of fused-ring (bicyclic) bond motifs is 1. The Labute approximate surface area is 105 Å². The van der Waals surface area contributed by atoms with Crippen LogP contribution in [0.15, 0.2) is 22.6 Å². The number of furan rings is 1. The van der Waals surface area contributed by atoms with Crippen LogP contribution in [0.2, 0.25) is 10.0 Å². The van der Waals surface area contributed by atoms with E-state index in [4.69, 9.17) is 27.6 Å². The molecule has 0 aliphatic carbocycles. The second kappa shape index (κ2) is 4.66. The second-order valence-corrected chi connectivity index (χ2v) is 4.57. The van der Waals surface area contributed by atoms with Crippen molar-refractivity contribution in [3.8, 4) is 0 Å². The van der Waals surface area contributed by atoms with Gasteiger partial charge in [-0.1, -0.05) is 30.1 Å². The molecular formula is C12H13Cl2NO. The summed E-state index contributed by atoms with van der Waals surface area (Å²) in [6.45, 7) is 5.01. The lowest BCUT2D eigenvalue weighted by molar-refractivity contribution is 0.459. The third-order valence-corrected chi connectivity index (χ3v) is 3.04. The van der Waals surface area contributed by atoms with Crippen molar-refractivity contribution in [2.24, 2.45) is 0 Å². The highest BCUT2D eigenvalue weighted by Crippen LogP contribution is 2.32. The molecule has 0 aliphatic rings. The first-order valence-corrected chi connectivity index (χ1v) is 5.99. The molecular weight excluding hydrogens is 245 g/mol. The number of rotatable bonds is 3. The van der Waals surface area contributed by atoms with E-state index in [1.807, 2.05) is 6.07 Å². The van der Waals surface area contributed by atoms with Crippen LogP contribution >= 0.6 is 23.2 Å². The van der Waals surface area contributed by atoms with Gasteiger partial charge in [0.1, 0.15) is 11.3 Å². The zero-order chi connectivity index (χ0) is 11.7. The van der Waals surface area contributed by atoms with E-state index in [1.54, 1.807) is 12.1 Å². The van der Waals surface area contributed by atoms with Gasteiger partial charge in [-0.25, -0.2) is 0 Å². The summed E-state index contributed by atoms with van der Waals surface area (Å²) in [5, 5.41) is 5.41. The Kier molecular flexibility index (Phi) is 3.43. The molecule has 1 N–H and O–H groups in total. The molecule has 1 unspecified atom stereocenters. The van der Waals surface area contributed by atoms with E-state index in [-0.39, 0.29) is 6.04 Å². The van der Waals surface area contributed by atoms with E-state index in [2.05, 4.69) is 19.2 Å². The summed E-state index contributed by atoms with van der Waals surface area (Å²) in [4.78, 5) is 0. The van der Waals surface area contributed by atoms with Crippen molar-refractivity contribution in [2.45, 2.75) is 19.9 Å². The Balaban J connectivity index is 2.47. The maximum atomic E-state index is 6.09. The molecule has 0 fully saturated rings. The largest absolute Gasteiger partial charge is 0.459 e. The minimum Gasteiger partial charge on any atom is -0.459 e. The Morgan fingerprint density at radius 3 is 2.75 bits per heavy atom. The van der Waals surface area contributed by atoms with Gasteiger partial charge in [-0.05, 0) is 25.6 Å². The molecule has 2 nitrogen and oxygen atoms in total. The van der Waals surface area contributed by atoms with Crippen molar-refractivity contribution >= 4 is 34.2 Å². The van der Waals surface area contributed by atoms with Gasteiger partial charge in [0.15, 0.2) is 0 Å². The van der Waals surface area contributed by atoms with E-state index in [0.29, 0.717) is 10.0 Å². The summed E-state index contributed by atoms with van der Waals surface area (Å²) in [6.07, 6.45) is 0. The summed E-state index contributed by atoms with van der Waals surface area (Å²) in [6, 6.07) is 5.64. The quantitative estimate of drug-likeness (QED) is 0.882. The summed E-state index contributed by atoms with van der Waals surface area (Å²) in [7, 11) is 0. The van der Waals surface area contributed by atoms with Gasteiger partial charge in [0.05, 0.1) is 11.1 Å². The first-order valence-electron chi connectivity index (χ1n) is 5.23. The van der Waals surface area contributed by atoms with Crippen LogP contribution in [0.5, 0.6) is 0 Å². The Morgan fingerprint density at radius 1 is 1.31 bits per heavy atom. The monoisotopic (exact) mass is 257 g/mol. The zero-order valence-corrected chi connectivity index (χ0v) is 10.7. The molecule has 0 saturated heterocycles. The fraction of sp³-hybridized carbons (Fsp3) is 0.333. The van der Waals surface area contributed by atoms with Gasteiger partial charge < -0.3 is 9.73 Å². The fourth-order valence-corrected chi connectivity index (χ4v) is 2.23. The van der Waals surface area contributed by atoms with E-state index >= 15 is 0 Å². The molecule has 1 aromatic carbocycles. The van der Waals surface area contributed by atoms with Crippen LogP contribution in [0.25, 0.3) is 11.0 Å². The third-order valence-electron chi connectivity index (χ3n) is 2.51. The summed E-state index contributed by atoms with van der Waals surface area (Å²) >= 11 is 12.0. The Bertz CT molecular complexity index is 507. The summed E-state index contributed by atoms with van der Waals surface area (Å²) < 4.78 is 5.71. The van der Waals surface area contributed by atoms with Gasteiger partial charge in [0.25, 0.3) is 0 Å². The van der Waals surface area contributed by atoms with Gasteiger partial charge in [0.2, 0.25) is 0 Å². The molecule has 1 aromatic heterocycles. The molecule has 2 rings (SSSR count). The highest BCUT2D eigenvalue weighted by molar-refractivity contribution is 6.38. The molecule has 0 bridgehead atoms. The van der Waals surface area contributed by atoms with Crippen molar-refractivity contribution in [1.82, 2.24) is 5.32 Å². The number of hydrogen-bond acceptors (Lipinski definition) is 2. The SMILES string of the molecule is CCNC(C)c1cc2c(Cl)cc(Cl)cc2o1. The van der Waals surface area contributed by atoms with Crippen LogP contribution in [-0.2, 0) is 0 Å². The molecule has 16 heavy (non-hydrogen) atoms. The maximum Gasteiger partial charge on any atom is 0.137 e. The average Bonchev–Trinajstić information content (AvgIpc) is 2.62. The van der Waals surface area contributed by atoms with Crippen molar-refractivity contribution in [2.75, 3.05) is 6.54 Å². The lowest BCUT2D eigenvalue weighted by Crippen LogP contribution is -2.16. The smallest absolute Gasteiger partial charge is 0.137 e. The predicted octanol–water partition coefficient (Wildman–Crippen LogP) is 4.41. The number of halogens is 2. The van der Waals surface area contributed by atoms with E-state index in [1.165, 1.54) is 0 Å². The van der Waals surface area contributed by atoms with Crippen LogP contribution < -0.4 is 5.32 Å². The normalized spacial score (nSPS) is 13.2. The van der Waals surface area contributed by atoms with Gasteiger partial charge >= 0.3 is 0 Å². The zero-order valence-electron chi connectivity index (χ0n) is 9.18. The van der Waals surface area contributed by atoms with Crippen LogP contribution in [-0.4, -0.2) is 6.54 Å². The lowest BCUT2D eigenvalue weighted by atomic mass is 10.2. The molecule has 0 saturated carbocycles. The molecule has 4 heteroatoms. The third kappa shape index (κ3) is 2.19. The fourth-order valence-electron chi connectivity index (χ4n) is 1.70. The maximum absolute atomic E-state index is 6.09. The average molecular weight is 258 g/mol. The number of benzene rings is 1. The Morgan fingerprint density at radius 2 is 2.06 bits per heavy atom. The van der Waals surface area contributed by atoms with Crippen molar-refractivity contribution in [3.63, 3.8) is 0 Å². The van der Waals surface area contributed by atoms with Crippen LogP contribution in [0, 0.1) is 0 Å². The van der Waals surface area contributed by atoms with E-state index in [9.17, 15) is 0 Å². The minimum atomic E-state index is 0.173. The molecule has 1 atom stereocenters. The topological polar surface area (TPSA) is 25.2 Å². The minimum absolute atomic E-state index is 0.173. The summed E-state index contributed by atoms with van der Waals surface area (Å²) in [5.74, 6) is 0.876. The lowest BCUT2D eigenvalue weighted by Gasteiger charge is -2.07. The standard InChI is InChI=1S/C12H13Cl2NO/c1-3-15-7(2)11-6-9-10(14)4-8(13)5-12(9)16-11/h4-7,15H,3H2,1-2H3. The van der Waals surface area contributed by atoms with Crippen molar-refractivity contribution in [3.05, 3.63) is 34.0 Å². The predicted molar refractivity (Wildman–Crippen MR) is 68.3 cm³/mol. The van der Waals surface area contributed by atoms with Gasteiger partial charge in [-0.3, -0.25) is 0 Å². The van der Waals surface area contributed by atoms with Crippen molar-refractivity contribution < 1.29 is 4.42 Å². The molecule has 1 heterocycles. The highest BCUT2D eigenvalue weighted by atomic mass is 35.5. The second-order valence-electron chi connectivity index (χ2n) is 3.73. The molecule has 0 amide bonds. The van der Waals surface area contributed by atoms with E-state index in [0.717, 1.165) is 23.3 Å². The Hall–Kier alpha value is -0.700. The van der Waals surface area contributed by atoms with Crippen LogP contribution in [0.3, 0.4) is 0 Å². The van der Waals surface area contributed by atoms with Gasteiger partial charge in [0, 0.05) is 16.5 Å². The van der Waals surface area contributed by atoms with E-state index < -0.39 is 0 Å². The van der Waals surface area contributed by atoms with Gasteiger partial charge in [-0.2, -0.15) is 0 Å². The first kappa shape index (κ1) is 11.8. The van der Waals surface area contributed by atoms with Crippen LogP contribution in [0.4, 0.5) is 0 Å². The first-order chi connectivity index (χ1) is 7.61. The summed E-state index contributed by atoms with van der Waals surface area (Å²) in [5.41, 5.74) is 0.734.